The Morgan fingerprint density at radius 3 is 2.57 bits per heavy atom. The molecule has 1 aliphatic rings. The summed E-state index contributed by atoms with van der Waals surface area (Å²) in [5.41, 5.74) is 0.698. The summed E-state index contributed by atoms with van der Waals surface area (Å²) in [7, 11) is 1.88. The molecule has 1 fully saturated rings. The van der Waals surface area contributed by atoms with Gasteiger partial charge in [0.1, 0.15) is 5.69 Å². The number of nitrogens with zero attached hydrogens (tertiary/aromatic N) is 3. The molecule has 0 unspecified atom stereocenters. The van der Waals surface area contributed by atoms with Crippen LogP contribution in [0.4, 0.5) is 0 Å². The number of carbonyl (C=O) groups is 2. The van der Waals surface area contributed by atoms with Crippen molar-refractivity contribution >= 4 is 23.2 Å². The van der Waals surface area contributed by atoms with Crippen molar-refractivity contribution in [3.63, 3.8) is 0 Å². The summed E-state index contributed by atoms with van der Waals surface area (Å²) >= 11 is 1.61. The highest BCUT2D eigenvalue weighted by Crippen LogP contribution is 2.13. The van der Waals surface area contributed by atoms with E-state index in [0.29, 0.717) is 31.7 Å². The molecule has 0 N–H and O–H groups in total. The topological polar surface area (TPSA) is 45.6 Å². The predicted octanol–water partition coefficient (Wildman–Crippen LogP) is 2.00. The van der Waals surface area contributed by atoms with Crippen LogP contribution in [0.2, 0.25) is 0 Å². The highest BCUT2D eigenvalue weighted by atomic mass is 32.1. The van der Waals surface area contributed by atoms with E-state index < -0.39 is 0 Å². The molecule has 23 heavy (non-hydrogen) atoms. The zero-order chi connectivity index (χ0) is 16.2. The molecular weight excluding hydrogens is 310 g/mol. The van der Waals surface area contributed by atoms with Gasteiger partial charge in [0.25, 0.3) is 5.91 Å². The highest BCUT2D eigenvalue weighted by molar-refractivity contribution is 7.10. The van der Waals surface area contributed by atoms with Crippen LogP contribution in [-0.2, 0) is 18.3 Å². The summed E-state index contributed by atoms with van der Waals surface area (Å²) in [6, 6.07) is 7.68. The third-order valence-corrected chi connectivity index (χ3v) is 5.08. The minimum absolute atomic E-state index is 0.0463. The molecule has 0 aliphatic carbocycles. The maximum absolute atomic E-state index is 12.6. The maximum Gasteiger partial charge on any atom is 0.270 e. The zero-order valence-electron chi connectivity index (χ0n) is 13.3. The van der Waals surface area contributed by atoms with Crippen LogP contribution in [0.25, 0.3) is 0 Å². The SMILES string of the molecule is Cn1cccc1C(=O)N1CCCN(C(=O)Cc2cccs2)CC1. The lowest BCUT2D eigenvalue weighted by Crippen LogP contribution is -2.38. The zero-order valence-corrected chi connectivity index (χ0v) is 14.1. The van der Waals surface area contributed by atoms with E-state index in [2.05, 4.69) is 0 Å². The summed E-state index contributed by atoms with van der Waals surface area (Å²) in [6.07, 6.45) is 3.16. The monoisotopic (exact) mass is 331 g/mol. The Balaban J connectivity index is 1.60. The first-order chi connectivity index (χ1) is 11.1. The molecule has 0 atom stereocenters. The summed E-state index contributed by atoms with van der Waals surface area (Å²) in [6.45, 7) is 2.63. The van der Waals surface area contributed by atoms with E-state index in [4.69, 9.17) is 0 Å². The Labute approximate surface area is 140 Å². The van der Waals surface area contributed by atoms with Crippen LogP contribution in [0.1, 0.15) is 21.8 Å². The molecule has 2 aromatic rings. The number of rotatable bonds is 3. The van der Waals surface area contributed by atoms with E-state index in [0.717, 1.165) is 17.8 Å². The molecule has 0 spiro atoms. The fourth-order valence-corrected chi connectivity index (χ4v) is 3.59. The quantitative estimate of drug-likeness (QED) is 0.864. The number of thiophene rings is 1. The molecule has 2 amide bonds. The van der Waals surface area contributed by atoms with Crippen molar-refractivity contribution in [1.82, 2.24) is 14.4 Å². The molecule has 0 radical (unpaired) electrons. The number of aromatic nitrogens is 1. The second-order valence-electron chi connectivity index (χ2n) is 5.79. The van der Waals surface area contributed by atoms with Gasteiger partial charge in [-0.15, -0.1) is 11.3 Å². The fourth-order valence-electron chi connectivity index (χ4n) is 2.89. The second kappa shape index (κ2) is 7.00. The van der Waals surface area contributed by atoms with E-state index in [-0.39, 0.29) is 11.8 Å². The lowest BCUT2D eigenvalue weighted by molar-refractivity contribution is -0.130. The third-order valence-electron chi connectivity index (χ3n) is 4.20. The van der Waals surface area contributed by atoms with E-state index in [1.807, 2.05) is 57.3 Å². The first-order valence-corrected chi connectivity index (χ1v) is 8.74. The van der Waals surface area contributed by atoms with Crippen molar-refractivity contribution in [3.05, 3.63) is 46.4 Å². The molecule has 1 aliphatic heterocycles. The summed E-state index contributed by atoms with van der Waals surface area (Å²) in [5.74, 6) is 0.200. The molecule has 1 saturated heterocycles. The van der Waals surface area contributed by atoms with Gasteiger partial charge in [0.2, 0.25) is 5.91 Å². The van der Waals surface area contributed by atoms with Crippen molar-refractivity contribution in [1.29, 1.82) is 0 Å². The van der Waals surface area contributed by atoms with Gasteiger partial charge in [-0.1, -0.05) is 6.07 Å². The van der Waals surface area contributed by atoms with Gasteiger partial charge >= 0.3 is 0 Å². The van der Waals surface area contributed by atoms with E-state index in [9.17, 15) is 9.59 Å². The van der Waals surface area contributed by atoms with Crippen LogP contribution in [0.15, 0.2) is 35.8 Å². The minimum atomic E-state index is 0.0463. The Morgan fingerprint density at radius 1 is 1.09 bits per heavy atom. The smallest absolute Gasteiger partial charge is 0.270 e. The summed E-state index contributed by atoms with van der Waals surface area (Å²) in [4.78, 5) is 29.8. The molecule has 0 aromatic carbocycles. The highest BCUT2D eigenvalue weighted by Gasteiger charge is 2.23. The number of carbonyl (C=O) groups excluding carboxylic acids is 2. The average molecular weight is 331 g/mol. The van der Waals surface area contributed by atoms with Crippen LogP contribution < -0.4 is 0 Å². The predicted molar refractivity (Wildman–Crippen MR) is 90.5 cm³/mol. The molecule has 3 rings (SSSR count). The molecule has 3 heterocycles. The van der Waals surface area contributed by atoms with Crippen LogP contribution in [0, 0.1) is 0 Å². The summed E-state index contributed by atoms with van der Waals surface area (Å²) < 4.78 is 1.84. The second-order valence-corrected chi connectivity index (χ2v) is 6.82. The Bertz CT molecular complexity index is 678. The van der Waals surface area contributed by atoms with Crippen molar-refractivity contribution in [2.75, 3.05) is 26.2 Å². The number of hydrogen-bond donors (Lipinski definition) is 0. The van der Waals surface area contributed by atoms with Crippen molar-refractivity contribution in [3.8, 4) is 0 Å². The van der Waals surface area contributed by atoms with Crippen LogP contribution in [-0.4, -0.2) is 52.4 Å². The van der Waals surface area contributed by atoms with Gasteiger partial charge in [-0.05, 0) is 30.0 Å². The lowest BCUT2D eigenvalue weighted by Gasteiger charge is -2.22. The number of aryl methyl sites for hydroxylation is 1. The van der Waals surface area contributed by atoms with Gasteiger partial charge in [-0.25, -0.2) is 0 Å². The Hall–Kier alpha value is -2.08. The summed E-state index contributed by atoms with van der Waals surface area (Å²) in [5, 5.41) is 1.99. The molecule has 122 valence electrons. The van der Waals surface area contributed by atoms with E-state index >= 15 is 0 Å². The number of hydrogen-bond acceptors (Lipinski definition) is 3. The van der Waals surface area contributed by atoms with Crippen molar-refractivity contribution in [2.45, 2.75) is 12.8 Å². The molecule has 6 heteroatoms. The van der Waals surface area contributed by atoms with Gasteiger partial charge in [0.05, 0.1) is 6.42 Å². The van der Waals surface area contributed by atoms with E-state index in [1.54, 1.807) is 11.3 Å². The van der Waals surface area contributed by atoms with Crippen LogP contribution >= 0.6 is 11.3 Å². The van der Waals surface area contributed by atoms with Crippen LogP contribution in [0.3, 0.4) is 0 Å². The Morgan fingerprint density at radius 2 is 1.87 bits per heavy atom. The molecule has 0 saturated carbocycles. The maximum atomic E-state index is 12.6. The van der Waals surface area contributed by atoms with Gasteiger partial charge in [-0.3, -0.25) is 9.59 Å². The first-order valence-electron chi connectivity index (χ1n) is 7.86. The number of amides is 2. The molecule has 0 bridgehead atoms. The standard InChI is InChI=1S/C17H21N3O2S/c1-18-7-2-6-15(18)17(22)20-9-4-8-19(10-11-20)16(21)13-14-5-3-12-23-14/h2-3,5-7,12H,4,8-11,13H2,1H3. The first kappa shape index (κ1) is 15.8. The average Bonchev–Trinajstić information content (AvgIpc) is 3.12. The normalized spacial score (nSPS) is 15.5. The molecule has 5 nitrogen and oxygen atoms in total. The third kappa shape index (κ3) is 3.64. The van der Waals surface area contributed by atoms with Gasteiger partial charge in [0, 0.05) is 44.3 Å². The van der Waals surface area contributed by atoms with E-state index in [1.165, 1.54) is 0 Å². The fraction of sp³-hybridized carbons (Fsp3) is 0.412. The van der Waals surface area contributed by atoms with Gasteiger partial charge in [0.15, 0.2) is 0 Å². The van der Waals surface area contributed by atoms with Crippen molar-refractivity contribution in [2.24, 2.45) is 7.05 Å². The van der Waals surface area contributed by atoms with Crippen LogP contribution in [0.5, 0.6) is 0 Å². The Kier molecular flexibility index (Phi) is 4.81. The minimum Gasteiger partial charge on any atom is -0.347 e. The largest absolute Gasteiger partial charge is 0.347 e. The lowest BCUT2D eigenvalue weighted by atomic mass is 10.3. The van der Waals surface area contributed by atoms with Gasteiger partial charge < -0.3 is 14.4 Å². The molecule has 2 aromatic heterocycles. The molecular formula is C17H21N3O2S. The van der Waals surface area contributed by atoms with Gasteiger partial charge in [-0.2, -0.15) is 0 Å². The van der Waals surface area contributed by atoms with Crippen molar-refractivity contribution < 1.29 is 9.59 Å².